The van der Waals surface area contributed by atoms with Crippen molar-refractivity contribution >= 4 is 234 Å². The van der Waals surface area contributed by atoms with E-state index in [0.29, 0.717) is 22.4 Å². The zero-order chi connectivity index (χ0) is 93.7. The van der Waals surface area contributed by atoms with Gasteiger partial charge < -0.3 is 66.7 Å². The molecular weight excluding hydrogens is 1920 g/mol. The average Bonchev–Trinajstić information content (AvgIpc) is 1.62. The summed E-state index contributed by atoms with van der Waals surface area (Å²) in [6, 6.07) is 45.7. The Bertz CT molecular complexity index is 6390. The molecule has 7 aliphatic heterocycles. The normalized spacial score (nSPS) is 20.0. The van der Waals surface area contributed by atoms with Gasteiger partial charge in [-0.15, -0.1) is 0 Å². The summed E-state index contributed by atoms with van der Waals surface area (Å²) < 4.78 is 50.5. The largest absolute Gasteiger partial charge is 0.497 e. The lowest BCUT2D eigenvalue weighted by atomic mass is 9.88. The Balaban J connectivity index is 0.000000138. The first-order valence-electron chi connectivity index (χ1n) is 38.8. The van der Waals surface area contributed by atoms with Gasteiger partial charge in [-0.2, -0.15) is 0 Å². The number of nitrogens with zero attached hydrogens (tertiary/aromatic N) is 2. The van der Waals surface area contributed by atoms with Gasteiger partial charge in [0.15, 0.2) is 66.8 Å². The second-order valence-corrected chi connectivity index (χ2v) is 38.3. The molecule has 0 aromatic heterocycles. The van der Waals surface area contributed by atoms with Crippen LogP contribution >= 0.6 is 116 Å². The van der Waals surface area contributed by atoms with Crippen LogP contribution in [-0.4, -0.2) is 140 Å². The number of fused-ring (bicyclic) bond motifs is 5. The highest BCUT2D eigenvalue weighted by Crippen LogP contribution is 2.52. The van der Waals surface area contributed by atoms with Crippen LogP contribution in [0.2, 0.25) is 50.2 Å². The lowest BCUT2D eigenvalue weighted by Crippen LogP contribution is -2.37. The van der Waals surface area contributed by atoms with Gasteiger partial charge >= 0.3 is 0 Å². The van der Waals surface area contributed by atoms with Crippen molar-refractivity contribution in [3.8, 4) is 5.75 Å². The molecule has 0 radical (unpaired) electrons. The van der Waals surface area contributed by atoms with Crippen molar-refractivity contribution in [3.05, 3.63) is 288 Å². The zero-order valence-electron chi connectivity index (χ0n) is 67.2. The average molecular weight is 1990 g/mol. The number of sulfonamides is 1. The van der Waals surface area contributed by atoms with Crippen molar-refractivity contribution < 1.29 is 95.1 Å². The zero-order valence-corrected chi connectivity index (χ0v) is 76.4. The van der Waals surface area contributed by atoms with Crippen LogP contribution in [0.5, 0.6) is 5.75 Å². The third kappa shape index (κ3) is 19.5. The van der Waals surface area contributed by atoms with Gasteiger partial charge in [-0.1, -0.05) is 140 Å². The van der Waals surface area contributed by atoms with E-state index in [4.69, 9.17) is 126 Å². The molecule has 10 aromatic rings. The first kappa shape index (κ1) is 96.4. The third-order valence-corrected chi connectivity index (χ3v) is 27.5. The van der Waals surface area contributed by atoms with Crippen LogP contribution in [0.3, 0.4) is 0 Å². The van der Waals surface area contributed by atoms with E-state index in [1.807, 2.05) is 24.3 Å². The second-order valence-electron chi connectivity index (χ2n) is 30.7. The van der Waals surface area contributed by atoms with Gasteiger partial charge in [0.25, 0.3) is 29.5 Å². The Morgan fingerprint density at radius 1 is 0.326 bits per heavy atom. The van der Waals surface area contributed by atoms with Gasteiger partial charge in [-0.25, -0.2) is 22.0 Å². The Morgan fingerprint density at radius 2 is 0.527 bits per heavy atom. The van der Waals surface area contributed by atoms with Crippen LogP contribution in [0.4, 0.5) is 39.8 Å². The molecule has 5 amide bonds. The fourth-order valence-corrected chi connectivity index (χ4v) is 19.1. The van der Waals surface area contributed by atoms with Crippen LogP contribution < -0.4 is 46.3 Å². The number of Topliss-reactive ketones (excluding diaryl/α,β-unsaturated/α-hetero) is 5. The monoisotopic (exact) mass is 1990 g/mol. The molecule has 0 unspecified atom stereocenters. The summed E-state index contributed by atoms with van der Waals surface area (Å²) in [4.78, 5) is 129. The van der Waals surface area contributed by atoms with Gasteiger partial charge in [-0.05, 0) is 177 Å². The van der Waals surface area contributed by atoms with E-state index in [9.17, 15) is 90.3 Å². The van der Waals surface area contributed by atoms with E-state index in [2.05, 4.69) is 36.4 Å². The van der Waals surface area contributed by atoms with Crippen LogP contribution in [0.1, 0.15) is 131 Å². The maximum Gasteiger partial charge on any atom is 0.261 e. The number of nitrogens with two attached hydrogens (primary N) is 1. The van der Waals surface area contributed by atoms with Crippen molar-refractivity contribution in [2.24, 2.45) is 5.14 Å². The Hall–Kier alpha value is -10.1. The molecule has 17 rings (SSSR count). The van der Waals surface area contributed by atoms with Crippen molar-refractivity contribution in [3.63, 3.8) is 0 Å². The third-order valence-electron chi connectivity index (χ3n) is 22.3. The number of halogens is 10. The van der Waals surface area contributed by atoms with Gasteiger partial charge in [0, 0.05) is 125 Å². The minimum atomic E-state index is -3.90. The van der Waals surface area contributed by atoms with Gasteiger partial charge in [-0.3, -0.25) is 47.9 Å². The molecule has 2 fully saturated rings. The molecule has 10 aromatic carbocycles. The van der Waals surface area contributed by atoms with E-state index in [0.717, 1.165) is 43.8 Å². The number of ketones is 5. The fourth-order valence-electron chi connectivity index (χ4n) is 15.3. The van der Waals surface area contributed by atoms with Crippen molar-refractivity contribution in [2.45, 2.75) is 89.2 Å². The Kier molecular flexibility index (Phi) is 28.4. The predicted octanol–water partition coefficient (Wildman–Crippen LogP) is 15.9. The summed E-state index contributed by atoms with van der Waals surface area (Å²) in [5.41, 5.74) is -5.27. The number of nitrogens with one attached hydrogen (secondary N) is 5. The number of rotatable bonds is 20. The minimum Gasteiger partial charge on any atom is -0.497 e. The number of anilines is 7. The summed E-state index contributed by atoms with van der Waals surface area (Å²) in [7, 11) is -5.77. The second kappa shape index (κ2) is 38.0. The molecule has 0 bridgehead atoms. The molecule has 40 heteroatoms. The number of benzene rings is 10. The highest BCUT2D eigenvalue weighted by molar-refractivity contribution is 7.90. The predicted molar refractivity (Wildman–Crippen MR) is 491 cm³/mol. The number of primary sulfonamides is 1. The number of aliphatic hydroxyl groups is 5. The molecule has 0 spiro atoms. The summed E-state index contributed by atoms with van der Waals surface area (Å²) in [5, 5.41) is 73.8. The first-order valence-corrected chi connectivity index (χ1v) is 46.0. The van der Waals surface area contributed by atoms with Crippen LogP contribution in [0, 0.1) is 0 Å². The SMILES string of the molecule is COc1ccc(C(=O)C[C@@]2(O)C(=O)Nc3c(Cl)ccc(Cl)c32)cc1.CS(=O)(=O)c1ccc(C(=O)C[C@@]2(O)C(=O)Nc3c(Cl)ccc(Cl)c32)cc1.NS(=O)(=O)c1ccc(C(=O)C[C@]2(O)C(=O)Nc3c(Cl)ccc(Cl)c32)cc1.O=C(C[C@@]1(O)C(=O)Nc2c(Cl)ccc(Cl)c21)c1ccc(N2CCCC2)cc1.O=C(C[C@]1(O)C(=O)Nc2c(Cl)ccc(Cl)c21)c1ccc(N2CCC2)cc1. The highest BCUT2D eigenvalue weighted by Gasteiger charge is 2.54. The topological polar surface area (TPSA) is 442 Å². The summed E-state index contributed by atoms with van der Waals surface area (Å²) in [5.74, 6) is -5.38. The molecule has 12 N–H and O–H groups in total. The number of carbonyl (C=O) groups is 10. The number of sulfone groups is 1. The van der Waals surface area contributed by atoms with Gasteiger partial charge in [0.1, 0.15) is 5.75 Å². The number of hydrogen-bond acceptors (Lipinski definition) is 22. The van der Waals surface area contributed by atoms with E-state index >= 15 is 0 Å². The first-order chi connectivity index (χ1) is 60.7. The summed E-state index contributed by atoms with van der Waals surface area (Å²) in [6.45, 7) is 4.07. The van der Waals surface area contributed by atoms with Gasteiger partial charge in [0.05, 0.1) is 103 Å². The van der Waals surface area contributed by atoms with E-state index < -0.39 is 127 Å². The van der Waals surface area contributed by atoms with E-state index in [1.165, 1.54) is 136 Å². The lowest BCUT2D eigenvalue weighted by Gasteiger charge is -2.33. The Morgan fingerprint density at radius 3 is 0.729 bits per heavy atom. The number of hydrogen-bond donors (Lipinski definition) is 11. The molecule has 0 saturated carbocycles. The summed E-state index contributed by atoms with van der Waals surface area (Å²) in [6.07, 6.45) is 2.15. The van der Waals surface area contributed by atoms with Crippen LogP contribution in [0.25, 0.3) is 0 Å². The maximum absolute atomic E-state index is 12.8. The molecule has 0 aliphatic carbocycles. The number of ether oxygens (including phenoxy) is 1. The van der Waals surface area contributed by atoms with Gasteiger partial charge in [0.2, 0.25) is 10.0 Å². The lowest BCUT2D eigenvalue weighted by molar-refractivity contribution is -0.133. The van der Waals surface area contributed by atoms with Crippen molar-refractivity contribution in [1.82, 2.24) is 0 Å². The molecule has 5 atom stereocenters. The highest BCUT2D eigenvalue weighted by atomic mass is 35.5. The smallest absolute Gasteiger partial charge is 0.261 e. The molecule has 28 nitrogen and oxygen atoms in total. The number of amides is 5. The number of carbonyl (C=O) groups excluding carboxylic acids is 10. The number of methoxy groups -OCH3 is 1. The minimum absolute atomic E-state index is 0.0335. The van der Waals surface area contributed by atoms with Crippen molar-refractivity contribution in [2.75, 3.05) is 75.9 Å². The molecular formula is C89H72Cl10N8O20S2. The molecule has 2 saturated heterocycles. The molecule has 670 valence electrons. The Labute approximate surface area is 786 Å². The van der Waals surface area contributed by atoms with Crippen molar-refractivity contribution in [1.29, 1.82) is 0 Å². The fraction of sp³-hybridized carbons (Fsp3) is 0.213. The van der Waals surface area contributed by atoms with Crippen LogP contribution in [-0.2, 0) is 71.8 Å². The standard InChI is InChI=1S/C20H18Cl2N2O3.C19H16Cl2N2O3.C17H13Cl2NO5S.C17H13Cl2NO4.C16H12Cl2N2O5S/c21-14-7-8-15(22)18-17(14)20(27,19(26)23-18)11-16(25)12-3-5-13(6-4-12)24-9-1-2-10-24;20-13-6-7-14(21)17-16(13)19(26,18(25)22-17)10-15(24)11-2-4-12(5-3-11)23-8-1-9-23;1-26(24,25)10-4-2-9(3-5-10)13(21)8-17(23)14-11(18)6-7-12(19)15(14)20-16(17)22;1-24-10-4-2-9(3-5-10)13(21)8-17(23)14-11(18)6-7-12(19)15(14)20-16(17)22;17-10-5-6-11(18)14-13(10)16(23,15(22)20-14)7-12(21)8-1-3-9(4-2-8)26(19,24)25/h3-8,27H,1-2,9-11H2,(H,23,26);2-7,26H,1,8-10H2,(H,22,25);2-7,23H,8H2,1H3,(H,20,22);2-7,23H,8H2,1H3,(H,20,22);1-6,23H,7H2,(H,20,22)(H2,19,24,25)/t20-;19-;2*17-;16-/m01001/s1. The van der Waals surface area contributed by atoms with E-state index in [1.54, 1.807) is 48.5 Å². The molecule has 129 heavy (non-hydrogen) atoms. The molecule has 7 aliphatic rings. The summed E-state index contributed by atoms with van der Waals surface area (Å²) >= 11 is 60.9. The quantitative estimate of drug-likeness (QED) is 0.0316. The molecule has 7 heterocycles. The maximum atomic E-state index is 12.8. The van der Waals surface area contributed by atoms with E-state index in [-0.39, 0.29) is 139 Å². The van der Waals surface area contributed by atoms with Crippen LogP contribution in [0.15, 0.2) is 192 Å².